The highest BCUT2D eigenvalue weighted by Gasteiger charge is 2.29. The molecule has 0 aromatic heterocycles. The Morgan fingerprint density at radius 1 is 0.889 bits per heavy atom. The molecule has 0 saturated heterocycles. The topological polar surface area (TPSA) is 49.3 Å². The molecular formula is C24H21NO2. The summed E-state index contributed by atoms with van der Waals surface area (Å²) < 4.78 is 0. The Morgan fingerprint density at radius 2 is 1.52 bits per heavy atom. The zero-order valence-electron chi connectivity index (χ0n) is 14.9. The van der Waals surface area contributed by atoms with Crippen molar-refractivity contribution in [3.05, 3.63) is 107 Å². The molecular weight excluding hydrogens is 334 g/mol. The van der Waals surface area contributed by atoms with Crippen LogP contribution in [0.25, 0.3) is 11.3 Å². The van der Waals surface area contributed by atoms with E-state index < -0.39 is 0 Å². The van der Waals surface area contributed by atoms with Crippen molar-refractivity contribution in [1.29, 1.82) is 0 Å². The van der Waals surface area contributed by atoms with Crippen molar-refractivity contribution < 1.29 is 9.90 Å². The van der Waals surface area contributed by atoms with Crippen molar-refractivity contribution in [1.82, 2.24) is 5.32 Å². The van der Waals surface area contributed by atoms with E-state index in [0.717, 1.165) is 28.0 Å². The van der Waals surface area contributed by atoms with Crippen LogP contribution in [0.1, 0.15) is 28.3 Å². The van der Waals surface area contributed by atoms with Crippen LogP contribution in [0.3, 0.4) is 0 Å². The Labute approximate surface area is 159 Å². The second-order valence-electron chi connectivity index (χ2n) is 6.66. The van der Waals surface area contributed by atoms with Gasteiger partial charge in [0.1, 0.15) is 0 Å². The third-order valence-electron chi connectivity index (χ3n) is 4.93. The van der Waals surface area contributed by atoms with Crippen LogP contribution in [0.15, 0.2) is 84.9 Å². The highest BCUT2D eigenvalue weighted by molar-refractivity contribution is 6.31. The standard InChI is InChI=1S/C24H21NO2/c26-16-21(17-9-3-1-4-10-17)25-24(18-11-5-2-6-12-18)23-20-14-8-7-13-19(20)15-22(23)27/h1-14,21,25-26H,15-16H2/b24-23-/t21-/m1/s1. The summed E-state index contributed by atoms with van der Waals surface area (Å²) in [6.45, 7) is -0.0660. The molecule has 1 aliphatic carbocycles. The van der Waals surface area contributed by atoms with Crippen LogP contribution < -0.4 is 5.32 Å². The van der Waals surface area contributed by atoms with Gasteiger partial charge in [-0.15, -0.1) is 0 Å². The van der Waals surface area contributed by atoms with Gasteiger partial charge < -0.3 is 10.4 Å². The molecule has 0 bridgehead atoms. The highest BCUT2D eigenvalue weighted by atomic mass is 16.3. The van der Waals surface area contributed by atoms with Crippen LogP contribution in [0.4, 0.5) is 0 Å². The number of carbonyl (C=O) groups excluding carboxylic acids is 1. The van der Waals surface area contributed by atoms with Gasteiger partial charge in [0.05, 0.1) is 18.3 Å². The van der Waals surface area contributed by atoms with E-state index >= 15 is 0 Å². The third kappa shape index (κ3) is 3.42. The molecule has 0 unspecified atom stereocenters. The second kappa shape index (κ2) is 7.60. The van der Waals surface area contributed by atoms with E-state index in [2.05, 4.69) is 5.32 Å². The fourth-order valence-corrected chi connectivity index (χ4v) is 3.60. The first-order valence-electron chi connectivity index (χ1n) is 9.11. The number of rotatable bonds is 5. The number of ketones is 1. The lowest BCUT2D eigenvalue weighted by atomic mass is 9.98. The van der Waals surface area contributed by atoms with Gasteiger partial charge in [0, 0.05) is 12.0 Å². The number of carbonyl (C=O) groups is 1. The SMILES string of the molecule is O=C1Cc2ccccc2/C1=C(/N[C@H](CO)c1ccccc1)c1ccccc1. The molecule has 0 saturated carbocycles. The number of aliphatic hydroxyl groups excluding tert-OH is 1. The Balaban J connectivity index is 1.85. The zero-order valence-corrected chi connectivity index (χ0v) is 14.9. The molecule has 0 fully saturated rings. The number of Topliss-reactive ketones (excluding diaryl/α,β-unsaturated/α-hetero) is 1. The fraction of sp³-hybridized carbons (Fsp3) is 0.125. The van der Waals surface area contributed by atoms with Crippen molar-refractivity contribution in [2.45, 2.75) is 12.5 Å². The van der Waals surface area contributed by atoms with E-state index in [9.17, 15) is 9.90 Å². The zero-order chi connectivity index (χ0) is 18.6. The molecule has 27 heavy (non-hydrogen) atoms. The van der Waals surface area contributed by atoms with Crippen molar-refractivity contribution in [3.63, 3.8) is 0 Å². The summed E-state index contributed by atoms with van der Waals surface area (Å²) in [5.74, 6) is 0.104. The molecule has 0 heterocycles. The van der Waals surface area contributed by atoms with Crippen LogP contribution in [-0.2, 0) is 11.2 Å². The first kappa shape index (κ1) is 17.3. The van der Waals surface area contributed by atoms with Gasteiger partial charge in [0.2, 0.25) is 0 Å². The Bertz CT molecular complexity index is 978. The number of hydrogen-bond donors (Lipinski definition) is 2. The summed E-state index contributed by atoms with van der Waals surface area (Å²) >= 11 is 0. The number of allylic oxidation sites excluding steroid dienone is 1. The van der Waals surface area contributed by atoms with Crippen molar-refractivity contribution in [3.8, 4) is 0 Å². The van der Waals surface area contributed by atoms with Crippen molar-refractivity contribution >= 4 is 17.1 Å². The van der Waals surface area contributed by atoms with Crippen molar-refractivity contribution in [2.24, 2.45) is 0 Å². The lowest BCUT2D eigenvalue weighted by molar-refractivity contribution is -0.112. The molecule has 3 aromatic rings. The molecule has 1 atom stereocenters. The number of fused-ring (bicyclic) bond motifs is 1. The summed E-state index contributed by atoms with van der Waals surface area (Å²) in [6.07, 6.45) is 0.415. The minimum atomic E-state index is -0.297. The fourth-order valence-electron chi connectivity index (χ4n) is 3.60. The summed E-state index contributed by atoms with van der Waals surface area (Å²) in [7, 11) is 0. The Hall–Kier alpha value is -3.17. The van der Waals surface area contributed by atoms with Crippen LogP contribution in [0, 0.1) is 0 Å². The molecule has 0 amide bonds. The monoisotopic (exact) mass is 355 g/mol. The Morgan fingerprint density at radius 3 is 2.22 bits per heavy atom. The lowest BCUT2D eigenvalue weighted by Crippen LogP contribution is -2.24. The molecule has 1 aliphatic rings. The second-order valence-corrected chi connectivity index (χ2v) is 6.66. The smallest absolute Gasteiger partial charge is 0.169 e. The van der Waals surface area contributed by atoms with Crippen LogP contribution in [0.5, 0.6) is 0 Å². The molecule has 134 valence electrons. The average molecular weight is 355 g/mol. The molecule has 3 heteroatoms. The first-order valence-corrected chi connectivity index (χ1v) is 9.11. The summed E-state index contributed by atoms with van der Waals surface area (Å²) in [5, 5.41) is 13.5. The molecule has 3 aromatic carbocycles. The van der Waals surface area contributed by atoms with Crippen LogP contribution in [0.2, 0.25) is 0 Å². The molecule has 4 rings (SSSR count). The van der Waals surface area contributed by atoms with Gasteiger partial charge in [-0.25, -0.2) is 0 Å². The minimum Gasteiger partial charge on any atom is -0.394 e. The van der Waals surface area contributed by atoms with Gasteiger partial charge in [-0.1, -0.05) is 84.9 Å². The molecule has 0 radical (unpaired) electrons. The highest BCUT2D eigenvalue weighted by Crippen LogP contribution is 2.35. The molecule has 3 nitrogen and oxygen atoms in total. The van der Waals surface area contributed by atoms with Gasteiger partial charge in [0.15, 0.2) is 5.78 Å². The van der Waals surface area contributed by atoms with E-state index in [1.54, 1.807) is 0 Å². The maximum Gasteiger partial charge on any atom is 0.169 e. The minimum absolute atomic E-state index is 0.0660. The van der Waals surface area contributed by atoms with E-state index in [4.69, 9.17) is 0 Å². The van der Waals surface area contributed by atoms with Crippen molar-refractivity contribution in [2.75, 3.05) is 6.61 Å². The number of hydrogen-bond acceptors (Lipinski definition) is 3. The summed E-state index contributed by atoms with van der Waals surface area (Å²) in [6, 6.07) is 27.3. The summed E-state index contributed by atoms with van der Waals surface area (Å²) in [5.41, 5.74) is 5.41. The first-order chi connectivity index (χ1) is 13.3. The quantitative estimate of drug-likeness (QED) is 0.680. The largest absolute Gasteiger partial charge is 0.394 e. The molecule has 2 N–H and O–H groups in total. The van der Waals surface area contributed by atoms with E-state index in [0.29, 0.717) is 12.0 Å². The van der Waals surface area contributed by atoms with Gasteiger partial charge in [-0.2, -0.15) is 0 Å². The molecule has 0 aliphatic heterocycles. The van der Waals surface area contributed by atoms with Gasteiger partial charge >= 0.3 is 0 Å². The number of aliphatic hydroxyl groups is 1. The lowest BCUT2D eigenvalue weighted by Gasteiger charge is -2.22. The predicted molar refractivity (Wildman–Crippen MR) is 108 cm³/mol. The maximum absolute atomic E-state index is 12.9. The predicted octanol–water partition coefficient (Wildman–Crippen LogP) is 4.00. The van der Waals surface area contributed by atoms with E-state index in [1.165, 1.54) is 0 Å². The Kier molecular flexibility index (Phi) is 4.86. The van der Waals surface area contributed by atoms with Crippen LogP contribution >= 0.6 is 0 Å². The average Bonchev–Trinajstić information content (AvgIpc) is 3.06. The molecule has 0 spiro atoms. The van der Waals surface area contributed by atoms with Gasteiger partial charge in [0.25, 0.3) is 0 Å². The van der Waals surface area contributed by atoms with Gasteiger partial charge in [-0.3, -0.25) is 4.79 Å². The van der Waals surface area contributed by atoms with Crippen LogP contribution in [-0.4, -0.2) is 17.5 Å². The van der Waals surface area contributed by atoms with E-state index in [-0.39, 0.29) is 18.4 Å². The van der Waals surface area contributed by atoms with Gasteiger partial charge in [-0.05, 0) is 22.3 Å². The normalized spacial score (nSPS) is 16.0. The third-order valence-corrected chi connectivity index (χ3v) is 4.93. The maximum atomic E-state index is 12.9. The summed E-state index contributed by atoms with van der Waals surface area (Å²) in [4.78, 5) is 12.9. The van der Waals surface area contributed by atoms with E-state index in [1.807, 2.05) is 84.9 Å². The number of nitrogens with one attached hydrogen (secondary N) is 1. The number of benzene rings is 3.